The first kappa shape index (κ1) is 10.2. The molecule has 0 aliphatic rings. The number of unbranched alkanes of at least 4 members (excludes halogenated alkanes) is 3. The van der Waals surface area contributed by atoms with Crippen molar-refractivity contribution in [2.45, 2.75) is 39.0 Å². The summed E-state index contributed by atoms with van der Waals surface area (Å²) in [6, 6.07) is 6.31. The summed E-state index contributed by atoms with van der Waals surface area (Å²) in [5.41, 5.74) is 2.34. The highest BCUT2D eigenvalue weighted by molar-refractivity contribution is 5.76. The number of aromatic amines is 1. The maximum Gasteiger partial charge on any atom is 0.137 e. The van der Waals surface area contributed by atoms with Gasteiger partial charge in [-0.25, -0.2) is 4.98 Å². The zero-order valence-corrected chi connectivity index (χ0v) is 9.29. The number of aromatic nitrogens is 2. The molecule has 1 N–H and O–H groups in total. The molecule has 0 aromatic carbocycles. The van der Waals surface area contributed by atoms with Crippen LogP contribution in [0.1, 0.15) is 38.3 Å². The predicted molar refractivity (Wildman–Crippen MR) is 63.9 cm³/mol. The maximum absolute atomic E-state index is 4.29. The van der Waals surface area contributed by atoms with E-state index in [9.17, 15) is 0 Å². The van der Waals surface area contributed by atoms with E-state index >= 15 is 0 Å². The molecule has 0 aliphatic carbocycles. The Kier molecular flexibility index (Phi) is 3.38. The molecule has 0 aliphatic heterocycles. The highest BCUT2D eigenvalue weighted by atomic mass is 14.8. The van der Waals surface area contributed by atoms with Gasteiger partial charge in [0, 0.05) is 17.3 Å². The fourth-order valence-corrected chi connectivity index (χ4v) is 1.89. The molecular weight excluding hydrogens is 184 g/mol. The first-order valence-corrected chi connectivity index (χ1v) is 5.83. The van der Waals surface area contributed by atoms with E-state index in [0.717, 1.165) is 12.1 Å². The van der Waals surface area contributed by atoms with Gasteiger partial charge in [0.05, 0.1) is 0 Å². The summed E-state index contributed by atoms with van der Waals surface area (Å²) in [5, 5.41) is 1.22. The highest BCUT2D eigenvalue weighted by Gasteiger charge is 2.00. The molecule has 0 saturated carbocycles. The van der Waals surface area contributed by atoms with Gasteiger partial charge in [0.2, 0.25) is 0 Å². The van der Waals surface area contributed by atoms with Gasteiger partial charge in [-0.1, -0.05) is 26.2 Å². The van der Waals surface area contributed by atoms with E-state index in [-0.39, 0.29) is 0 Å². The van der Waals surface area contributed by atoms with Gasteiger partial charge in [0.25, 0.3) is 0 Å². The number of aryl methyl sites for hydroxylation is 1. The standard InChI is InChI=1S/C13H18N2/c1-2-3-4-5-8-12-10-11-7-6-9-14-13(11)15-12/h6-7,9-10H,2-5,8H2,1H3,(H,14,15). The summed E-state index contributed by atoms with van der Waals surface area (Å²) in [7, 11) is 0. The topological polar surface area (TPSA) is 28.7 Å². The van der Waals surface area contributed by atoms with E-state index in [1.54, 1.807) is 0 Å². The van der Waals surface area contributed by atoms with Crippen molar-refractivity contribution in [3.05, 3.63) is 30.1 Å². The maximum atomic E-state index is 4.29. The SMILES string of the molecule is CCCCCCc1cc2cccnc2[nH]1. The van der Waals surface area contributed by atoms with Crippen molar-refractivity contribution in [1.29, 1.82) is 0 Å². The van der Waals surface area contributed by atoms with Crippen LogP contribution >= 0.6 is 0 Å². The van der Waals surface area contributed by atoms with E-state index in [1.165, 1.54) is 36.8 Å². The number of hydrogen-bond acceptors (Lipinski definition) is 1. The zero-order valence-electron chi connectivity index (χ0n) is 9.29. The summed E-state index contributed by atoms with van der Waals surface area (Å²) in [6.45, 7) is 2.24. The minimum Gasteiger partial charge on any atom is -0.343 e. The molecule has 2 heterocycles. The monoisotopic (exact) mass is 202 g/mol. The first-order valence-electron chi connectivity index (χ1n) is 5.83. The summed E-state index contributed by atoms with van der Waals surface area (Å²) >= 11 is 0. The van der Waals surface area contributed by atoms with Crippen molar-refractivity contribution in [1.82, 2.24) is 9.97 Å². The Hall–Kier alpha value is -1.31. The van der Waals surface area contributed by atoms with Gasteiger partial charge in [-0.2, -0.15) is 0 Å². The smallest absolute Gasteiger partial charge is 0.137 e. The van der Waals surface area contributed by atoms with Gasteiger partial charge < -0.3 is 4.98 Å². The number of H-pyrrole nitrogens is 1. The van der Waals surface area contributed by atoms with Crippen LogP contribution in [0.3, 0.4) is 0 Å². The molecule has 0 atom stereocenters. The molecule has 2 aromatic heterocycles. The average molecular weight is 202 g/mol. The molecule has 2 rings (SSSR count). The third-order valence-electron chi connectivity index (χ3n) is 2.75. The minimum absolute atomic E-state index is 1.02. The highest BCUT2D eigenvalue weighted by Crippen LogP contribution is 2.14. The summed E-state index contributed by atoms with van der Waals surface area (Å²) in [6.07, 6.45) is 8.24. The molecule has 0 saturated heterocycles. The Balaban J connectivity index is 1.97. The third kappa shape index (κ3) is 2.58. The lowest BCUT2D eigenvalue weighted by Crippen LogP contribution is -1.85. The van der Waals surface area contributed by atoms with Gasteiger partial charge in [0.1, 0.15) is 5.65 Å². The molecule has 0 bridgehead atoms. The van der Waals surface area contributed by atoms with Crippen LogP contribution in [0, 0.1) is 0 Å². The quantitative estimate of drug-likeness (QED) is 0.736. The predicted octanol–water partition coefficient (Wildman–Crippen LogP) is 3.69. The second kappa shape index (κ2) is 4.96. The molecule has 0 amide bonds. The van der Waals surface area contributed by atoms with E-state index in [1.807, 2.05) is 12.3 Å². The number of nitrogens with one attached hydrogen (secondary N) is 1. The fraction of sp³-hybridized carbons (Fsp3) is 0.462. The molecule has 15 heavy (non-hydrogen) atoms. The third-order valence-corrected chi connectivity index (χ3v) is 2.75. The summed E-state index contributed by atoms with van der Waals surface area (Å²) in [4.78, 5) is 7.65. The van der Waals surface area contributed by atoms with Crippen molar-refractivity contribution >= 4 is 11.0 Å². The van der Waals surface area contributed by atoms with Gasteiger partial charge >= 0.3 is 0 Å². The van der Waals surface area contributed by atoms with Crippen LogP contribution in [0.15, 0.2) is 24.4 Å². The van der Waals surface area contributed by atoms with Gasteiger partial charge in [0.15, 0.2) is 0 Å². The lowest BCUT2D eigenvalue weighted by atomic mass is 10.1. The molecule has 2 heteroatoms. The van der Waals surface area contributed by atoms with Gasteiger partial charge in [-0.3, -0.25) is 0 Å². The number of fused-ring (bicyclic) bond motifs is 1. The van der Waals surface area contributed by atoms with Crippen molar-refractivity contribution in [2.75, 3.05) is 0 Å². The first-order chi connectivity index (χ1) is 7.40. The lowest BCUT2D eigenvalue weighted by molar-refractivity contribution is 0.662. The van der Waals surface area contributed by atoms with Crippen molar-refractivity contribution in [3.8, 4) is 0 Å². The second-order valence-electron chi connectivity index (χ2n) is 4.05. The summed E-state index contributed by atoms with van der Waals surface area (Å²) in [5.74, 6) is 0. The number of rotatable bonds is 5. The Bertz CT molecular complexity index is 384. The Labute approximate surface area is 90.7 Å². The van der Waals surface area contributed by atoms with E-state index in [0.29, 0.717) is 0 Å². The van der Waals surface area contributed by atoms with Crippen LogP contribution in [-0.4, -0.2) is 9.97 Å². The zero-order chi connectivity index (χ0) is 10.5. The van der Waals surface area contributed by atoms with Crippen LogP contribution in [0.25, 0.3) is 11.0 Å². The fourth-order valence-electron chi connectivity index (χ4n) is 1.89. The molecule has 0 fully saturated rings. The molecular formula is C13H18N2. The Morgan fingerprint density at radius 3 is 3.00 bits per heavy atom. The number of hydrogen-bond donors (Lipinski definition) is 1. The van der Waals surface area contributed by atoms with E-state index in [4.69, 9.17) is 0 Å². The largest absolute Gasteiger partial charge is 0.343 e. The molecule has 0 unspecified atom stereocenters. The normalized spacial score (nSPS) is 11.0. The molecule has 80 valence electrons. The molecule has 0 radical (unpaired) electrons. The van der Waals surface area contributed by atoms with E-state index < -0.39 is 0 Å². The van der Waals surface area contributed by atoms with Crippen LogP contribution in [0.5, 0.6) is 0 Å². The minimum atomic E-state index is 1.02. The van der Waals surface area contributed by atoms with Gasteiger partial charge in [-0.15, -0.1) is 0 Å². The summed E-state index contributed by atoms with van der Waals surface area (Å²) < 4.78 is 0. The van der Waals surface area contributed by atoms with Crippen LogP contribution in [0.2, 0.25) is 0 Å². The number of nitrogens with zero attached hydrogens (tertiary/aromatic N) is 1. The van der Waals surface area contributed by atoms with Crippen molar-refractivity contribution in [2.24, 2.45) is 0 Å². The Morgan fingerprint density at radius 1 is 1.27 bits per heavy atom. The van der Waals surface area contributed by atoms with Gasteiger partial charge in [-0.05, 0) is 31.0 Å². The van der Waals surface area contributed by atoms with E-state index in [2.05, 4.69) is 29.0 Å². The second-order valence-corrected chi connectivity index (χ2v) is 4.05. The number of pyridine rings is 1. The molecule has 2 nitrogen and oxygen atoms in total. The van der Waals surface area contributed by atoms with Crippen molar-refractivity contribution < 1.29 is 0 Å². The Morgan fingerprint density at radius 2 is 2.20 bits per heavy atom. The van der Waals surface area contributed by atoms with Crippen LogP contribution in [0.4, 0.5) is 0 Å². The van der Waals surface area contributed by atoms with Crippen LogP contribution in [-0.2, 0) is 6.42 Å². The van der Waals surface area contributed by atoms with Crippen molar-refractivity contribution in [3.63, 3.8) is 0 Å². The molecule has 2 aromatic rings. The average Bonchev–Trinajstić information content (AvgIpc) is 2.67. The van der Waals surface area contributed by atoms with Crippen LogP contribution < -0.4 is 0 Å². The lowest BCUT2D eigenvalue weighted by Gasteiger charge is -1.96. The molecule has 0 spiro atoms.